The van der Waals surface area contributed by atoms with E-state index in [9.17, 15) is 9.59 Å². The number of benzene rings is 2. The van der Waals surface area contributed by atoms with E-state index in [0.717, 1.165) is 5.56 Å². The van der Waals surface area contributed by atoms with Crippen LogP contribution in [0.25, 0.3) is 0 Å². The van der Waals surface area contributed by atoms with Crippen LogP contribution in [0.15, 0.2) is 42.5 Å². The van der Waals surface area contributed by atoms with Crippen molar-refractivity contribution in [2.24, 2.45) is 0 Å². The van der Waals surface area contributed by atoms with Gasteiger partial charge in [0.15, 0.2) is 17.3 Å². The normalized spacial score (nSPS) is 18.8. The molecule has 26 heavy (non-hydrogen) atoms. The predicted molar refractivity (Wildman–Crippen MR) is 97.0 cm³/mol. The molecule has 0 bridgehead atoms. The Morgan fingerprint density at radius 1 is 1.08 bits per heavy atom. The fourth-order valence-corrected chi connectivity index (χ4v) is 3.64. The second-order valence-corrected chi connectivity index (χ2v) is 6.17. The molecule has 1 atom stereocenters. The Morgan fingerprint density at radius 3 is 2.35 bits per heavy atom. The summed E-state index contributed by atoms with van der Waals surface area (Å²) in [6.45, 7) is 2.05. The second-order valence-electron chi connectivity index (χ2n) is 6.17. The molecule has 2 aromatic rings. The summed E-state index contributed by atoms with van der Waals surface area (Å²) in [7, 11) is 3.05. The Morgan fingerprint density at radius 2 is 1.73 bits per heavy atom. The lowest BCUT2D eigenvalue weighted by Crippen LogP contribution is -2.43. The van der Waals surface area contributed by atoms with Crippen molar-refractivity contribution < 1.29 is 23.8 Å². The maximum absolute atomic E-state index is 13.1. The number of ketones is 1. The van der Waals surface area contributed by atoms with E-state index in [-0.39, 0.29) is 24.8 Å². The zero-order chi connectivity index (χ0) is 18.7. The number of Topliss-reactive ketones (excluding diaryl/α,β-unsaturated/α-hetero) is 1. The lowest BCUT2D eigenvalue weighted by atomic mass is 9.65. The van der Waals surface area contributed by atoms with Crippen LogP contribution in [-0.4, -0.2) is 32.6 Å². The van der Waals surface area contributed by atoms with Crippen molar-refractivity contribution in [2.45, 2.75) is 25.2 Å². The molecular formula is C21H22O5. The number of esters is 1. The van der Waals surface area contributed by atoms with Crippen molar-refractivity contribution in [2.75, 3.05) is 20.8 Å². The number of fused-ring (bicyclic) bond motifs is 1. The van der Waals surface area contributed by atoms with Crippen LogP contribution in [0, 0.1) is 0 Å². The van der Waals surface area contributed by atoms with Crippen molar-refractivity contribution in [1.29, 1.82) is 0 Å². The van der Waals surface area contributed by atoms with Crippen molar-refractivity contribution in [1.82, 2.24) is 0 Å². The van der Waals surface area contributed by atoms with Gasteiger partial charge < -0.3 is 14.2 Å². The first-order chi connectivity index (χ1) is 12.6. The average molecular weight is 354 g/mol. The van der Waals surface area contributed by atoms with Crippen LogP contribution < -0.4 is 9.47 Å². The Balaban J connectivity index is 2.33. The number of rotatable bonds is 5. The second kappa shape index (κ2) is 7.20. The van der Waals surface area contributed by atoms with E-state index in [1.54, 1.807) is 19.1 Å². The van der Waals surface area contributed by atoms with Gasteiger partial charge in [0.1, 0.15) is 5.41 Å². The molecule has 0 saturated heterocycles. The van der Waals surface area contributed by atoms with E-state index in [0.29, 0.717) is 29.0 Å². The van der Waals surface area contributed by atoms with Crippen LogP contribution in [0.2, 0.25) is 0 Å². The van der Waals surface area contributed by atoms with Crippen molar-refractivity contribution >= 4 is 11.8 Å². The maximum Gasteiger partial charge on any atom is 0.321 e. The molecule has 0 radical (unpaired) electrons. The molecule has 0 amide bonds. The Bertz CT molecular complexity index is 828. The molecule has 1 aliphatic carbocycles. The van der Waals surface area contributed by atoms with Gasteiger partial charge in [0.05, 0.1) is 20.8 Å². The van der Waals surface area contributed by atoms with Gasteiger partial charge in [-0.1, -0.05) is 30.3 Å². The quantitative estimate of drug-likeness (QED) is 0.769. The van der Waals surface area contributed by atoms with E-state index < -0.39 is 5.41 Å². The molecule has 5 nitrogen and oxygen atoms in total. The summed E-state index contributed by atoms with van der Waals surface area (Å²) in [5, 5.41) is 0. The van der Waals surface area contributed by atoms with Crippen LogP contribution >= 0.6 is 0 Å². The summed E-state index contributed by atoms with van der Waals surface area (Å²) in [5.74, 6) is 0.571. The minimum Gasteiger partial charge on any atom is -0.493 e. The first kappa shape index (κ1) is 18.0. The Labute approximate surface area is 152 Å². The monoisotopic (exact) mass is 354 g/mol. The molecule has 0 aliphatic heterocycles. The highest BCUT2D eigenvalue weighted by atomic mass is 16.5. The van der Waals surface area contributed by atoms with E-state index in [1.807, 2.05) is 30.3 Å². The van der Waals surface area contributed by atoms with E-state index in [2.05, 4.69) is 0 Å². The predicted octanol–water partition coefficient (Wildman–Crippen LogP) is 3.53. The van der Waals surface area contributed by atoms with Crippen molar-refractivity contribution in [3.63, 3.8) is 0 Å². The van der Waals surface area contributed by atoms with E-state index in [4.69, 9.17) is 14.2 Å². The highest BCUT2D eigenvalue weighted by molar-refractivity contribution is 6.04. The Kier molecular flexibility index (Phi) is 4.98. The number of ether oxygens (including phenoxy) is 3. The molecule has 0 fully saturated rings. The maximum atomic E-state index is 13.1. The third-order valence-electron chi connectivity index (χ3n) is 4.90. The molecular weight excluding hydrogens is 332 g/mol. The lowest BCUT2D eigenvalue weighted by molar-refractivity contribution is -0.148. The highest BCUT2D eigenvalue weighted by Gasteiger charge is 2.48. The van der Waals surface area contributed by atoms with Gasteiger partial charge in [-0.15, -0.1) is 0 Å². The van der Waals surface area contributed by atoms with Gasteiger partial charge in [0, 0.05) is 12.0 Å². The van der Waals surface area contributed by atoms with Crippen LogP contribution in [0.4, 0.5) is 0 Å². The molecule has 5 heteroatoms. The third kappa shape index (κ3) is 2.73. The molecule has 0 unspecified atom stereocenters. The average Bonchev–Trinajstić information content (AvgIpc) is 2.68. The fraction of sp³-hybridized carbons (Fsp3) is 0.333. The molecule has 136 valence electrons. The number of hydrogen-bond donors (Lipinski definition) is 0. The molecule has 0 aromatic heterocycles. The van der Waals surface area contributed by atoms with Gasteiger partial charge in [-0.2, -0.15) is 0 Å². The first-order valence-electron chi connectivity index (χ1n) is 8.61. The molecule has 0 spiro atoms. The SMILES string of the molecule is CCOC(=O)[C@]1(c2ccccc2)CCC(=O)c2cc(OC)c(OC)cc21. The zero-order valence-electron chi connectivity index (χ0n) is 15.2. The Hall–Kier alpha value is -2.82. The smallest absolute Gasteiger partial charge is 0.321 e. The summed E-state index contributed by atoms with van der Waals surface area (Å²) in [4.78, 5) is 25.7. The molecule has 2 aromatic carbocycles. The van der Waals surface area contributed by atoms with E-state index >= 15 is 0 Å². The van der Waals surface area contributed by atoms with Gasteiger partial charge in [0.25, 0.3) is 0 Å². The number of carbonyl (C=O) groups excluding carboxylic acids is 2. The minimum absolute atomic E-state index is 0.0168. The largest absolute Gasteiger partial charge is 0.493 e. The van der Waals surface area contributed by atoms with Gasteiger partial charge in [0.2, 0.25) is 0 Å². The summed E-state index contributed by atoms with van der Waals surface area (Å²) < 4.78 is 16.2. The molecule has 1 aliphatic rings. The van der Waals surface area contributed by atoms with Gasteiger partial charge in [-0.25, -0.2) is 0 Å². The van der Waals surface area contributed by atoms with E-state index in [1.165, 1.54) is 14.2 Å². The number of carbonyl (C=O) groups is 2. The first-order valence-corrected chi connectivity index (χ1v) is 8.61. The lowest BCUT2D eigenvalue weighted by Gasteiger charge is -2.37. The number of methoxy groups -OCH3 is 2. The van der Waals surface area contributed by atoms with Gasteiger partial charge in [-0.05, 0) is 36.6 Å². The van der Waals surface area contributed by atoms with Crippen LogP contribution in [0.3, 0.4) is 0 Å². The van der Waals surface area contributed by atoms with Gasteiger partial charge >= 0.3 is 5.97 Å². The third-order valence-corrected chi connectivity index (χ3v) is 4.90. The summed E-state index contributed by atoms with van der Waals surface area (Å²) >= 11 is 0. The molecule has 0 N–H and O–H groups in total. The fourth-order valence-electron chi connectivity index (χ4n) is 3.64. The van der Waals surface area contributed by atoms with Crippen LogP contribution in [-0.2, 0) is 14.9 Å². The molecule has 3 rings (SSSR count). The zero-order valence-corrected chi connectivity index (χ0v) is 15.2. The topological polar surface area (TPSA) is 61.8 Å². The highest BCUT2D eigenvalue weighted by Crippen LogP contribution is 2.47. The van der Waals surface area contributed by atoms with Gasteiger partial charge in [-0.3, -0.25) is 9.59 Å². The molecule has 0 heterocycles. The summed E-state index contributed by atoms with van der Waals surface area (Å²) in [5.41, 5.74) is 0.848. The van der Waals surface area contributed by atoms with Crippen molar-refractivity contribution in [3.05, 3.63) is 59.2 Å². The summed E-state index contributed by atoms with van der Waals surface area (Å²) in [6.07, 6.45) is 0.618. The summed E-state index contributed by atoms with van der Waals surface area (Å²) in [6, 6.07) is 12.8. The minimum atomic E-state index is -1.04. The van der Waals surface area contributed by atoms with Crippen LogP contribution in [0.1, 0.15) is 41.3 Å². The number of hydrogen-bond acceptors (Lipinski definition) is 5. The molecule has 0 saturated carbocycles. The van der Waals surface area contributed by atoms with Crippen LogP contribution in [0.5, 0.6) is 11.5 Å². The van der Waals surface area contributed by atoms with Crippen molar-refractivity contribution in [3.8, 4) is 11.5 Å². The standard InChI is InChI=1S/C21H22O5/c1-4-26-20(23)21(14-8-6-5-7-9-14)11-10-17(22)15-12-18(24-2)19(25-3)13-16(15)21/h5-9,12-13H,4,10-11H2,1-3H3/t21-/m0/s1.